The second-order valence-electron chi connectivity index (χ2n) is 9.68. The number of hydrogen-bond donors (Lipinski definition) is 2. The zero-order valence-electron chi connectivity index (χ0n) is 20.9. The predicted octanol–water partition coefficient (Wildman–Crippen LogP) is 3.64. The van der Waals surface area contributed by atoms with Crippen LogP contribution in [-0.4, -0.2) is 45.3 Å². The van der Waals surface area contributed by atoms with E-state index in [-0.39, 0.29) is 5.91 Å². The van der Waals surface area contributed by atoms with Crippen LogP contribution in [-0.2, 0) is 17.8 Å². The summed E-state index contributed by atoms with van der Waals surface area (Å²) in [6, 6.07) is 13.9. The summed E-state index contributed by atoms with van der Waals surface area (Å²) in [7, 11) is 1.57. The maximum atomic E-state index is 12.4. The number of rotatable bonds is 5. The van der Waals surface area contributed by atoms with Gasteiger partial charge in [-0.1, -0.05) is 6.07 Å². The second-order valence-corrected chi connectivity index (χ2v) is 9.68. The van der Waals surface area contributed by atoms with Gasteiger partial charge in [0.05, 0.1) is 23.9 Å². The number of amides is 1. The number of nitrogens with two attached hydrogens (primary N) is 1. The fourth-order valence-corrected chi connectivity index (χ4v) is 4.42. The molecule has 4 aromatic rings. The van der Waals surface area contributed by atoms with Crippen molar-refractivity contribution in [2.24, 2.45) is 5.73 Å². The van der Waals surface area contributed by atoms with Gasteiger partial charge in [0.25, 0.3) is 0 Å². The molecule has 1 aliphatic rings. The molecule has 1 aliphatic heterocycles. The largest absolute Gasteiger partial charge is 0.480 e. The summed E-state index contributed by atoms with van der Waals surface area (Å²) in [6.45, 7) is 6.92. The van der Waals surface area contributed by atoms with Gasteiger partial charge in [0.1, 0.15) is 12.1 Å². The van der Waals surface area contributed by atoms with Crippen LogP contribution < -0.4 is 20.7 Å². The third-order valence-electron chi connectivity index (χ3n) is 6.41. The number of aryl methyl sites for hydroxylation is 1. The van der Waals surface area contributed by atoms with Crippen molar-refractivity contribution >= 4 is 28.3 Å². The Morgan fingerprint density at radius 3 is 2.64 bits per heavy atom. The molecule has 0 fully saturated rings. The SMILES string of the molecule is COc1ccc(-c2cc(C)c3ncnc(N4CCc5ccc(NC(=O)C(C)(C)N)cc5C4)c3c2)nn1. The van der Waals surface area contributed by atoms with Crippen LogP contribution in [0.3, 0.4) is 0 Å². The molecule has 0 saturated carbocycles. The van der Waals surface area contributed by atoms with Crippen molar-refractivity contribution in [3.05, 3.63) is 65.5 Å². The Morgan fingerprint density at radius 1 is 1.08 bits per heavy atom. The number of anilines is 2. The summed E-state index contributed by atoms with van der Waals surface area (Å²) >= 11 is 0. The smallest absolute Gasteiger partial charge is 0.243 e. The van der Waals surface area contributed by atoms with E-state index in [9.17, 15) is 4.79 Å². The van der Waals surface area contributed by atoms with Gasteiger partial charge in [-0.25, -0.2) is 9.97 Å². The minimum Gasteiger partial charge on any atom is -0.480 e. The van der Waals surface area contributed by atoms with Gasteiger partial charge in [0, 0.05) is 35.8 Å². The van der Waals surface area contributed by atoms with Crippen molar-refractivity contribution in [3.63, 3.8) is 0 Å². The van der Waals surface area contributed by atoms with E-state index in [1.54, 1.807) is 33.4 Å². The Labute approximate surface area is 209 Å². The zero-order valence-corrected chi connectivity index (χ0v) is 20.9. The van der Waals surface area contributed by atoms with Crippen LogP contribution in [0.15, 0.2) is 48.8 Å². The van der Waals surface area contributed by atoms with E-state index in [2.05, 4.69) is 48.6 Å². The molecule has 9 nitrogen and oxygen atoms in total. The number of fused-ring (bicyclic) bond motifs is 2. The monoisotopic (exact) mass is 483 g/mol. The van der Waals surface area contributed by atoms with Crippen LogP contribution in [0.5, 0.6) is 5.88 Å². The number of carbonyl (C=O) groups is 1. The normalized spacial score (nSPS) is 13.4. The first-order valence-corrected chi connectivity index (χ1v) is 11.8. The molecule has 1 amide bonds. The minimum absolute atomic E-state index is 0.221. The number of hydrogen-bond acceptors (Lipinski definition) is 8. The highest BCUT2D eigenvalue weighted by Crippen LogP contribution is 2.33. The highest BCUT2D eigenvalue weighted by atomic mass is 16.5. The molecule has 0 spiro atoms. The molecule has 0 saturated heterocycles. The Balaban J connectivity index is 1.49. The lowest BCUT2D eigenvalue weighted by molar-refractivity contribution is -0.120. The Morgan fingerprint density at radius 2 is 1.92 bits per heavy atom. The van der Waals surface area contributed by atoms with Crippen molar-refractivity contribution in [2.45, 2.75) is 39.3 Å². The summed E-state index contributed by atoms with van der Waals surface area (Å²) < 4.78 is 5.14. The lowest BCUT2D eigenvalue weighted by atomic mass is 9.97. The van der Waals surface area contributed by atoms with E-state index in [0.29, 0.717) is 12.4 Å². The molecule has 5 rings (SSSR count). The Bertz CT molecular complexity index is 1450. The van der Waals surface area contributed by atoms with Crippen LogP contribution in [0.2, 0.25) is 0 Å². The number of nitrogens with one attached hydrogen (secondary N) is 1. The first-order valence-electron chi connectivity index (χ1n) is 11.8. The van der Waals surface area contributed by atoms with Gasteiger partial charge in [-0.2, -0.15) is 0 Å². The van der Waals surface area contributed by atoms with Crippen molar-refractivity contribution in [2.75, 3.05) is 23.9 Å². The number of nitrogens with zero attached hydrogens (tertiary/aromatic N) is 5. The van der Waals surface area contributed by atoms with Gasteiger partial charge in [-0.05, 0) is 74.2 Å². The number of aromatic nitrogens is 4. The molecule has 0 aliphatic carbocycles. The number of carbonyl (C=O) groups excluding carboxylic acids is 1. The molecular weight excluding hydrogens is 454 g/mol. The molecular formula is C27H29N7O2. The maximum Gasteiger partial charge on any atom is 0.243 e. The number of ether oxygens (including phenoxy) is 1. The van der Waals surface area contributed by atoms with Crippen molar-refractivity contribution in [3.8, 4) is 17.1 Å². The average molecular weight is 484 g/mol. The average Bonchev–Trinajstić information content (AvgIpc) is 2.87. The van der Waals surface area contributed by atoms with Gasteiger partial charge >= 0.3 is 0 Å². The third kappa shape index (κ3) is 4.57. The lowest BCUT2D eigenvalue weighted by Gasteiger charge is -2.31. The van der Waals surface area contributed by atoms with E-state index in [4.69, 9.17) is 10.5 Å². The fraction of sp³-hybridized carbons (Fsp3) is 0.296. The molecule has 36 heavy (non-hydrogen) atoms. The van der Waals surface area contributed by atoms with Crippen LogP contribution in [0.4, 0.5) is 11.5 Å². The van der Waals surface area contributed by atoms with Crippen LogP contribution in [0.1, 0.15) is 30.5 Å². The summed E-state index contributed by atoms with van der Waals surface area (Å²) in [5.74, 6) is 1.12. The van der Waals surface area contributed by atoms with Gasteiger partial charge < -0.3 is 20.7 Å². The van der Waals surface area contributed by atoms with Crippen molar-refractivity contribution in [1.29, 1.82) is 0 Å². The van der Waals surface area contributed by atoms with E-state index in [0.717, 1.165) is 57.8 Å². The van der Waals surface area contributed by atoms with E-state index < -0.39 is 5.54 Å². The fourth-order valence-electron chi connectivity index (χ4n) is 4.42. The molecule has 0 atom stereocenters. The molecule has 9 heteroatoms. The summed E-state index contributed by atoms with van der Waals surface area (Å²) in [4.78, 5) is 23.9. The zero-order chi connectivity index (χ0) is 25.4. The van der Waals surface area contributed by atoms with Gasteiger partial charge in [0.2, 0.25) is 11.8 Å². The number of methoxy groups -OCH3 is 1. The molecule has 0 unspecified atom stereocenters. The molecule has 3 heterocycles. The Kier molecular flexibility index (Phi) is 6.01. The summed E-state index contributed by atoms with van der Waals surface area (Å²) in [5.41, 5.74) is 11.8. The van der Waals surface area contributed by atoms with Crippen LogP contribution >= 0.6 is 0 Å². The van der Waals surface area contributed by atoms with Gasteiger partial charge in [-0.3, -0.25) is 4.79 Å². The molecule has 2 aromatic heterocycles. The van der Waals surface area contributed by atoms with Crippen LogP contribution in [0.25, 0.3) is 22.2 Å². The minimum atomic E-state index is -0.953. The molecule has 184 valence electrons. The highest BCUT2D eigenvalue weighted by Gasteiger charge is 2.24. The summed E-state index contributed by atoms with van der Waals surface area (Å²) in [5, 5.41) is 12.3. The van der Waals surface area contributed by atoms with Gasteiger partial charge in [-0.15, -0.1) is 10.2 Å². The number of benzene rings is 2. The first-order chi connectivity index (χ1) is 17.2. The third-order valence-corrected chi connectivity index (χ3v) is 6.41. The van der Waals surface area contributed by atoms with E-state index in [1.165, 1.54) is 5.56 Å². The standard InChI is InChI=1S/C27H29N7O2/c1-16-11-18(22-7-8-23(36-4)33-32-22)13-21-24(16)29-15-30-25(21)34-10-9-17-5-6-20(12-19(17)14-34)31-26(35)27(2,3)28/h5-8,11-13,15H,9-10,14,28H2,1-4H3,(H,31,35). The molecule has 0 bridgehead atoms. The first kappa shape index (κ1) is 23.6. The van der Waals surface area contributed by atoms with Gasteiger partial charge in [0.15, 0.2) is 0 Å². The van der Waals surface area contributed by atoms with Crippen molar-refractivity contribution < 1.29 is 9.53 Å². The van der Waals surface area contributed by atoms with E-state index in [1.807, 2.05) is 25.1 Å². The van der Waals surface area contributed by atoms with E-state index >= 15 is 0 Å². The molecule has 2 aromatic carbocycles. The van der Waals surface area contributed by atoms with Crippen molar-refractivity contribution in [1.82, 2.24) is 20.2 Å². The quantitative estimate of drug-likeness (QED) is 0.442. The second kappa shape index (κ2) is 9.16. The summed E-state index contributed by atoms with van der Waals surface area (Å²) in [6.07, 6.45) is 2.49. The van der Waals surface area contributed by atoms with Crippen LogP contribution in [0, 0.1) is 6.92 Å². The highest BCUT2D eigenvalue weighted by molar-refractivity contribution is 5.97. The molecule has 0 radical (unpaired) electrons. The maximum absolute atomic E-state index is 12.4. The topological polar surface area (TPSA) is 119 Å². The Hall–Kier alpha value is -4.11. The molecule has 3 N–H and O–H groups in total. The predicted molar refractivity (Wildman–Crippen MR) is 140 cm³/mol. The lowest BCUT2D eigenvalue weighted by Crippen LogP contribution is -2.45.